The lowest BCUT2D eigenvalue weighted by Crippen LogP contribution is -2.02. The molecule has 3 nitrogen and oxygen atoms in total. The van der Waals surface area contributed by atoms with Crippen LogP contribution in [0, 0.1) is 0 Å². The SMILES string of the molecule is C=CN.C=Cc1c(CC)c2c(n1-c1ccc(Cc3ccc(-c4ccc(Cc5ccc(-n6c7c(c(CC)c6/C=C\C)CCC=C7)cc5)cc4)cc3)cc1)C=CCC2.CC. The van der Waals surface area contributed by atoms with Crippen molar-refractivity contribution in [1.82, 2.24) is 9.13 Å². The monoisotopic (exact) mass is 763 g/mol. The average molecular weight is 764 g/mol. The second kappa shape index (κ2) is 19.9. The first-order chi connectivity index (χ1) is 28.5. The summed E-state index contributed by atoms with van der Waals surface area (Å²) in [5, 5.41) is 0. The van der Waals surface area contributed by atoms with Gasteiger partial charge in [-0.3, -0.25) is 0 Å². The van der Waals surface area contributed by atoms with Crippen molar-refractivity contribution in [3.63, 3.8) is 0 Å². The fraction of sp³-hybridized carbons (Fsp3) is 0.236. The van der Waals surface area contributed by atoms with Gasteiger partial charge < -0.3 is 14.9 Å². The van der Waals surface area contributed by atoms with Gasteiger partial charge in [0.2, 0.25) is 0 Å². The number of rotatable bonds is 11. The lowest BCUT2D eigenvalue weighted by Gasteiger charge is -2.14. The Morgan fingerprint density at radius 3 is 1.29 bits per heavy atom. The molecule has 0 saturated heterocycles. The van der Waals surface area contributed by atoms with E-state index in [0.717, 1.165) is 51.4 Å². The van der Waals surface area contributed by atoms with E-state index in [9.17, 15) is 0 Å². The van der Waals surface area contributed by atoms with Gasteiger partial charge >= 0.3 is 0 Å². The first-order valence-electron chi connectivity index (χ1n) is 21.3. The van der Waals surface area contributed by atoms with Crippen molar-refractivity contribution in [2.45, 2.75) is 86.0 Å². The molecule has 0 unspecified atom stereocenters. The van der Waals surface area contributed by atoms with E-state index in [0.29, 0.717) is 0 Å². The lowest BCUT2D eigenvalue weighted by molar-refractivity contribution is 0.945. The molecule has 0 bridgehead atoms. The second-order valence-electron chi connectivity index (χ2n) is 14.7. The topological polar surface area (TPSA) is 35.9 Å². The fourth-order valence-electron chi connectivity index (χ4n) is 8.69. The van der Waals surface area contributed by atoms with Crippen molar-refractivity contribution in [1.29, 1.82) is 0 Å². The highest BCUT2D eigenvalue weighted by molar-refractivity contribution is 5.70. The number of hydrogen-bond acceptors (Lipinski definition) is 1. The molecule has 2 aliphatic rings. The highest BCUT2D eigenvalue weighted by Crippen LogP contribution is 2.35. The van der Waals surface area contributed by atoms with Gasteiger partial charge in [0.25, 0.3) is 0 Å². The molecule has 0 spiro atoms. The van der Waals surface area contributed by atoms with Crippen molar-refractivity contribution in [2.75, 3.05) is 0 Å². The quantitative estimate of drug-likeness (QED) is 0.140. The minimum absolute atomic E-state index is 0.913. The van der Waals surface area contributed by atoms with Crippen LogP contribution < -0.4 is 5.73 Å². The van der Waals surface area contributed by atoms with E-state index < -0.39 is 0 Å². The summed E-state index contributed by atoms with van der Waals surface area (Å²) in [6.07, 6.45) is 25.4. The van der Waals surface area contributed by atoms with Crippen LogP contribution in [0.15, 0.2) is 135 Å². The van der Waals surface area contributed by atoms with Gasteiger partial charge in [0, 0.05) is 34.2 Å². The van der Waals surface area contributed by atoms with Gasteiger partial charge in [0.15, 0.2) is 0 Å². The highest BCUT2D eigenvalue weighted by Gasteiger charge is 2.22. The number of allylic oxidation sites excluding steroid dienone is 3. The van der Waals surface area contributed by atoms with E-state index in [1.807, 2.05) is 19.9 Å². The Hall–Kier alpha value is -6.06. The van der Waals surface area contributed by atoms with E-state index >= 15 is 0 Å². The van der Waals surface area contributed by atoms with Crippen LogP contribution in [0.25, 0.3) is 46.8 Å². The average Bonchev–Trinajstić information content (AvgIpc) is 3.77. The third-order valence-electron chi connectivity index (χ3n) is 11.3. The molecule has 4 aromatic carbocycles. The normalized spacial score (nSPS) is 12.6. The molecule has 2 aliphatic carbocycles. The molecular formula is C55H61N3. The van der Waals surface area contributed by atoms with Crippen LogP contribution in [0.2, 0.25) is 0 Å². The molecular weight excluding hydrogens is 703 g/mol. The zero-order valence-electron chi connectivity index (χ0n) is 35.4. The third kappa shape index (κ3) is 8.75. The van der Waals surface area contributed by atoms with Crippen LogP contribution in [0.5, 0.6) is 0 Å². The second-order valence-corrected chi connectivity index (χ2v) is 14.7. The number of aromatic nitrogens is 2. The molecule has 6 aromatic rings. The Balaban J connectivity index is 0.00000108. The molecule has 0 fully saturated rings. The summed E-state index contributed by atoms with van der Waals surface area (Å²) < 4.78 is 4.85. The fourth-order valence-corrected chi connectivity index (χ4v) is 8.69. The van der Waals surface area contributed by atoms with Crippen LogP contribution in [0.1, 0.15) is 115 Å². The van der Waals surface area contributed by atoms with E-state index in [4.69, 9.17) is 0 Å². The van der Waals surface area contributed by atoms with E-state index in [1.54, 1.807) is 0 Å². The molecule has 296 valence electrons. The molecule has 2 N–H and O–H groups in total. The van der Waals surface area contributed by atoms with Gasteiger partial charge in [-0.2, -0.15) is 0 Å². The highest BCUT2D eigenvalue weighted by atomic mass is 15.0. The summed E-state index contributed by atoms with van der Waals surface area (Å²) in [5.74, 6) is 0. The number of nitrogens with two attached hydrogens (primary N) is 1. The van der Waals surface area contributed by atoms with Crippen molar-refractivity contribution in [3.8, 4) is 22.5 Å². The molecule has 2 aromatic heterocycles. The van der Waals surface area contributed by atoms with Crippen LogP contribution in [0.4, 0.5) is 0 Å². The maximum atomic E-state index is 4.61. The minimum Gasteiger partial charge on any atom is -0.405 e. The molecule has 58 heavy (non-hydrogen) atoms. The molecule has 0 aliphatic heterocycles. The molecule has 2 heterocycles. The standard InChI is InChI=1S/C51H50N2.C2H5N.C2H6/c1-5-13-49-45(7-3)47-15-10-12-17-51(47)53(49)43-32-24-39(25-33-43)35-37-20-28-41(29-21-37)40-26-18-36(19-27-40)34-38-22-30-42(31-23-38)52-48(8-4)44(6-2)46-14-9-11-16-50(46)52;1-2-3;1-2/h5,8,11-13,16-33H,4,6-7,9-10,14-15,34-35H2,1-3H3;2H,1,3H2;1-2H3/b13-5-;;. The van der Waals surface area contributed by atoms with Gasteiger partial charge in [-0.25, -0.2) is 0 Å². The molecule has 3 heteroatoms. The van der Waals surface area contributed by atoms with Crippen LogP contribution in [-0.4, -0.2) is 9.13 Å². The number of benzene rings is 4. The largest absolute Gasteiger partial charge is 0.405 e. The van der Waals surface area contributed by atoms with Gasteiger partial charge in [0.1, 0.15) is 0 Å². The van der Waals surface area contributed by atoms with Gasteiger partial charge in [-0.15, -0.1) is 0 Å². The Morgan fingerprint density at radius 2 is 0.931 bits per heavy atom. The van der Waals surface area contributed by atoms with Crippen molar-refractivity contribution in [3.05, 3.63) is 202 Å². The number of fused-ring (bicyclic) bond motifs is 2. The maximum absolute atomic E-state index is 4.61. The lowest BCUT2D eigenvalue weighted by atomic mass is 9.97. The van der Waals surface area contributed by atoms with Crippen molar-refractivity contribution < 1.29 is 0 Å². The van der Waals surface area contributed by atoms with Crippen LogP contribution in [-0.2, 0) is 38.5 Å². The molecule has 8 rings (SSSR count). The third-order valence-corrected chi connectivity index (χ3v) is 11.3. The summed E-state index contributed by atoms with van der Waals surface area (Å²) in [6, 6.07) is 36.4. The van der Waals surface area contributed by atoms with E-state index in [2.05, 4.69) is 182 Å². The van der Waals surface area contributed by atoms with Gasteiger partial charge in [0.05, 0.1) is 0 Å². The summed E-state index contributed by atoms with van der Waals surface area (Å²) in [6.45, 7) is 18.0. The number of nitrogens with zero attached hydrogens (tertiary/aromatic N) is 2. The molecule has 0 radical (unpaired) electrons. The number of hydrogen-bond donors (Lipinski definition) is 1. The summed E-state index contributed by atoms with van der Waals surface area (Å²) >= 11 is 0. The predicted molar refractivity (Wildman–Crippen MR) is 253 cm³/mol. The smallest absolute Gasteiger partial charge is 0.0494 e. The molecule has 0 amide bonds. The van der Waals surface area contributed by atoms with Crippen molar-refractivity contribution >= 4 is 24.3 Å². The zero-order chi connectivity index (χ0) is 41.0. The summed E-state index contributed by atoms with van der Waals surface area (Å²) in [5.41, 5.74) is 26.0. The summed E-state index contributed by atoms with van der Waals surface area (Å²) in [4.78, 5) is 0. The van der Waals surface area contributed by atoms with Gasteiger partial charge in [-0.05, 0) is 169 Å². The van der Waals surface area contributed by atoms with Gasteiger partial charge in [-0.1, -0.05) is 132 Å². The van der Waals surface area contributed by atoms with Crippen molar-refractivity contribution in [2.24, 2.45) is 5.73 Å². The van der Waals surface area contributed by atoms with Crippen LogP contribution >= 0.6 is 0 Å². The molecule has 0 saturated carbocycles. The predicted octanol–water partition coefficient (Wildman–Crippen LogP) is 14.0. The van der Waals surface area contributed by atoms with Crippen LogP contribution in [0.3, 0.4) is 0 Å². The Kier molecular flexibility index (Phi) is 14.2. The first-order valence-corrected chi connectivity index (χ1v) is 21.3. The Labute approximate surface area is 348 Å². The minimum atomic E-state index is 0.913. The Morgan fingerprint density at radius 1 is 0.569 bits per heavy atom. The Bertz CT molecular complexity index is 2390. The first kappa shape index (κ1) is 41.6. The maximum Gasteiger partial charge on any atom is 0.0494 e. The molecule has 0 atom stereocenters. The zero-order valence-corrected chi connectivity index (χ0v) is 35.4. The van der Waals surface area contributed by atoms with E-state index in [1.165, 1.54) is 96.0 Å². The van der Waals surface area contributed by atoms with E-state index in [-0.39, 0.29) is 0 Å². The summed E-state index contributed by atoms with van der Waals surface area (Å²) in [7, 11) is 0.